The van der Waals surface area contributed by atoms with E-state index in [2.05, 4.69) is 20.8 Å². The van der Waals surface area contributed by atoms with E-state index < -0.39 is 25.0 Å². The van der Waals surface area contributed by atoms with Crippen molar-refractivity contribution in [2.24, 2.45) is 0 Å². The number of rotatable bonds is 14. The number of benzene rings is 8. The van der Waals surface area contributed by atoms with Gasteiger partial charge in [-0.1, -0.05) is 82.7 Å². The van der Waals surface area contributed by atoms with Crippen LogP contribution in [0.2, 0.25) is 0 Å². The number of ketones is 1. The van der Waals surface area contributed by atoms with Crippen LogP contribution in [0.5, 0.6) is 0 Å². The summed E-state index contributed by atoms with van der Waals surface area (Å²) < 4.78 is 126. The van der Waals surface area contributed by atoms with Crippen molar-refractivity contribution >= 4 is 46.7 Å². The summed E-state index contributed by atoms with van der Waals surface area (Å²) >= 11 is 8.65. The van der Waals surface area contributed by atoms with Gasteiger partial charge in [-0.05, 0) is 213 Å². The van der Waals surface area contributed by atoms with Gasteiger partial charge in [-0.25, -0.2) is 40.0 Å². The number of hydrogen-bond donors (Lipinski definition) is 1. The molecule has 0 fully saturated rings. The van der Waals surface area contributed by atoms with Crippen molar-refractivity contribution in [1.29, 1.82) is 21.0 Å². The molecule has 0 aliphatic carbocycles. The molecule has 0 aliphatic rings. The topological polar surface area (TPSA) is 160 Å². The number of carbonyl (C=O) groups excluding carboxylic acids is 1. The van der Waals surface area contributed by atoms with Crippen LogP contribution in [0.3, 0.4) is 0 Å². The first-order valence-electron chi connectivity index (χ1n) is 26.1. The minimum Gasteiger partial charge on any atom is -0.512 e. The molecule has 0 radical (unpaired) electrons. The molecule has 0 saturated heterocycles. The van der Waals surface area contributed by atoms with E-state index in [4.69, 9.17) is 48.4 Å². The summed E-state index contributed by atoms with van der Waals surface area (Å²) in [6.07, 6.45) is 1.79. The Morgan fingerprint density at radius 2 is 1.03 bits per heavy atom. The van der Waals surface area contributed by atoms with Crippen LogP contribution in [0.25, 0.3) is 5.57 Å². The number of aryl methyl sites for hydroxylation is 4. The van der Waals surface area contributed by atoms with E-state index in [0.29, 0.717) is 54.0 Å². The van der Waals surface area contributed by atoms with Crippen molar-refractivity contribution in [2.45, 2.75) is 53.9 Å². The van der Waals surface area contributed by atoms with E-state index in [0.717, 1.165) is 38.4 Å². The summed E-state index contributed by atoms with van der Waals surface area (Å²) in [5, 5.41) is 31.8. The predicted octanol–water partition coefficient (Wildman–Crippen LogP) is 16.2. The van der Waals surface area contributed by atoms with Crippen LogP contribution >= 0.6 is 35.3 Å². The van der Waals surface area contributed by atoms with Crippen molar-refractivity contribution in [1.82, 2.24) is 4.84 Å². The summed E-state index contributed by atoms with van der Waals surface area (Å²) in [6.45, 7) is 16.6. The van der Waals surface area contributed by atoms with Gasteiger partial charge in [0.2, 0.25) is 0 Å². The summed E-state index contributed by atoms with van der Waals surface area (Å²) in [5.41, 5.74) is 7.51. The number of allylic oxidation sites excluding steroid dienone is 1. The minimum atomic E-state index is -3.08. The van der Waals surface area contributed by atoms with Gasteiger partial charge in [-0.2, -0.15) is 15.8 Å². The molecule has 8 aromatic carbocycles. The van der Waals surface area contributed by atoms with Gasteiger partial charge in [0.25, 0.3) is 0 Å². The smallest absolute Gasteiger partial charge is 0.512 e. The molecule has 0 bridgehead atoms. The van der Waals surface area contributed by atoms with E-state index in [1.165, 1.54) is 115 Å². The maximum Gasteiger partial charge on any atom is 1.00 e. The van der Waals surface area contributed by atoms with Crippen LogP contribution < -0.4 is 34.4 Å². The number of carbonyl (C=O) groups is 1. The zero-order chi connectivity index (χ0) is 65.1. The monoisotopic (exact) mass is 1400 g/mol. The molecule has 8 rings (SSSR count). The molecule has 1 N–H and O–H groups in total. The van der Waals surface area contributed by atoms with Gasteiger partial charge < -0.3 is 28.3 Å². The first kappa shape index (κ1) is 85.0. The first-order valence-corrected chi connectivity index (χ1v) is 29.0. The van der Waals surface area contributed by atoms with Crippen molar-refractivity contribution in [3.8, 4) is 18.2 Å². The summed E-state index contributed by atoms with van der Waals surface area (Å²) in [7, 11) is -3.08. The van der Waals surface area contributed by atoms with E-state index in [9.17, 15) is 44.5 Å². The third-order valence-electron chi connectivity index (χ3n) is 11.8. The van der Waals surface area contributed by atoms with Gasteiger partial charge >= 0.3 is 54.2 Å². The van der Waals surface area contributed by atoms with Gasteiger partial charge in [0, 0.05) is 34.1 Å². The fraction of sp³-hybridized carbons (Fsp3) is 0.176. The number of nitrogens with one attached hydrogen (secondary N) is 1. The van der Waals surface area contributed by atoms with Crippen molar-refractivity contribution in [2.75, 3.05) is 25.9 Å². The SMILES string of the molecule is CCOP(=O)(CC#N)OCC.Cc1ccc(F)cc1/C(=C\C#N)c1cccc(F)c1.Cc1ccc(F)cc1C#N.Cc1ccc(F)cc1C(=O)c1cccc(F)c1.Cc1ccc(F)cc1C(CCNCl)c1cccc(F)c1.Fc1cccc(Br)c1.[C-]#N.[CH3-].[Cu+].[Na+]. The molecule has 22 heteroatoms. The third-order valence-corrected chi connectivity index (χ3v) is 14.3. The zero-order valence-corrected chi connectivity index (χ0v) is 56.5. The fourth-order valence-corrected chi connectivity index (χ4v) is 9.44. The van der Waals surface area contributed by atoms with Crippen molar-refractivity contribution < 1.29 is 100 Å². The molecule has 470 valence electrons. The van der Waals surface area contributed by atoms with Crippen LogP contribution in [0, 0.1) is 127 Å². The molecular weight excluding hydrogens is 1340 g/mol. The van der Waals surface area contributed by atoms with Crippen molar-refractivity contribution in [3.05, 3.63) is 302 Å². The van der Waals surface area contributed by atoms with Crippen LogP contribution in [0.15, 0.2) is 180 Å². The quantitative estimate of drug-likeness (QED) is 0.0213. The van der Waals surface area contributed by atoms with Crippen LogP contribution in [-0.4, -0.2) is 31.7 Å². The molecule has 1 atom stereocenters. The average Bonchev–Trinajstić information content (AvgIpc) is 2.51. The summed E-state index contributed by atoms with van der Waals surface area (Å²) in [6, 6.07) is 46.7. The molecule has 9 nitrogen and oxygen atoms in total. The molecule has 8 aromatic rings. The van der Waals surface area contributed by atoms with E-state index >= 15 is 0 Å². The van der Waals surface area contributed by atoms with Gasteiger partial charge in [0.15, 0.2) is 5.78 Å². The fourth-order valence-electron chi connectivity index (χ4n) is 7.74. The van der Waals surface area contributed by atoms with E-state index in [1.807, 2.05) is 32.1 Å². The molecule has 0 saturated carbocycles. The Morgan fingerprint density at radius 1 is 0.600 bits per heavy atom. The van der Waals surface area contributed by atoms with Gasteiger partial charge in [-0.15, -0.1) is 0 Å². The maximum atomic E-state index is 13.5. The van der Waals surface area contributed by atoms with E-state index in [1.54, 1.807) is 82.3 Å². The molecule has 1 unspecified atom stereocenters. The Balaban J connectivity index is 0. The Bertz CT molecular complexity index is 3750. The number of hydrogen-bond acceptors (Lipinski definition) is 9. The largest absolute Gasteiger partial charge is 1.00 e. The number of halogens is 10. The first-order chi connectivity index (χ1) is 41.5. The maximum absolute atomic E-state index is 13.5. The molecule has 0 aliphatic heterocycles. The Kier molecular flexibility index (Phi) is 43.6. The molecule has 0 spiro atoms. The average molecular weight is 1400 g/mol. The Morgan fingerprint density at radius 3 is 1.49 bits per heavy atom. The summed E-state index contributed by atoms with van der Waals surface area (Å²) in [5.74, 6) is -3.35. The Hall–Kier alpha value is -7.03. The molecule has 0 amide bonds. The van der Waals surface area contributed by atoms with Crippen LogP contribution in [0.1, 0.15) is 92.2 Å². The molecule has 0 aromatic heterocycles. The van der Waals surface area contributed by atoms with Gasteiger partial charge in [0.05, 0.1) is 37.0 Å². The third kappa shape index (κ3) is 30.7. The normalized spacial score (nSPS) is 10.2. The number of nitriles is 3. The Labute approximate surface area is 568 Å². The van der Waals surface area contributed by atoms with Gasteiger partial charge in [-0.3, -0.25) is 9.36 Å². The molecule has 90 heavy (non-hydrogen) atoms. The second-order valence-corrected chi connectivity index (χ2v) is 21.2. The van der Waals surface area contributed by atoms with Gasteiger partial charge in [0.1, 0.15) is 52.7 Å². The molecule has 0 heterocycles. The molecular formula is C68H62BrClCuF8N5NaO4P. The minimum absolute atomic E-state index is 0. The standard InChI is InChI=1S/C16H16ClF2N.C16H11F2N.C14H10F2O.C8H6FN.C6H4BrF.C6H12NO3P.CN.CH3.Cu.Na/c1-11-5-6-14(19)10-16(11)15(7-8-20-17)12-3-2-4-13(18)9-12;1-11-5-6-14(18)10-16(11)15(7-8-19)12-3-2-4-13(17)9-12;1-9-5-6-12(16)8-13(9)14(17)10-3-2-4-11(15)7-10;1-6-2-3-8(9)4-7(6)5-10;7-5-2-1-3-6(8)4-5;1-3-9-11(8,6-5-7)10-4-2;1-2;;;/h2-6,9-10,15,20H,7-8H2,1H3;2-7,9-10H,1H3;2-8H,1H3;2-4H,1H3;1-4H;3-4,6H2,1-2H3;;1H3;;/q;;;;;;2*-1;2*+1/b;15-7-;;;;;;;;. The number of nitrogens with zero attached hydrogens (tertiary/aromatic N) is 4. The second-order valence-electron chi connectivity index (χ2n) is 18.0. The predicted molar refractivity (Wildman–Crippen MR) is 332 cm³/mol. The van der Waals surface area contributed by atoms with Crippen LogP contribution in [-0.2, 0) is 30.7 Å². The van der Waals surface area contributed by atoms with Crippen molar-refractivity contribution in [3.63, 3.8) is 0 Å². The van der Waals surface area contributed by atoms with Crippen LogP contribution in [0.4, 0.5) is 35.1 Å². The summed E-state index contributed by atoms with van der Waals surface area (Å²) in [4.78, 5) is 14.6. The van der Waals surface area contributed by atoms with E-state index in [-0.39, 0.29) is 112 Å². The zero-order valence-electron chi connectivity index (χ0n) is 50.3. The second kappa shape index (κ2) is 46.1.